The van der Waals surface area contributed by atoms with Crippen molar-refractivity contribution < 1.29 is 13.2 Å². The highest BCUT2D eigenvalue weighted by Crippen LogP contribution is 2.23. The van der Waals surface area contributed by atoms with E-state index in [-0.39, 0.29) is 10.8 Å². The number of halogens is 1. The number of hydrogen-bond acceptors (Lipinski definition) is 4. The smallest absolute Gasteiger partial charge is 0.280 e. The molecule has 0 fully saturated rings. The van der Waals surface area contributed by atoms with E-state index in [1.165, 1.54) is 17.6 Å². The molecule has 0 saturated heterocycles. The second kappa shape index (κ2) is 7.46. The Morgan fingerprint density at radius 2 is 1.96 bits per heavy atom. The van der Waals surface area contributed by atoms with Gasteiger partial charge in [-0.25, -0.2) is 8.42 Å². The van der Waals surface area contributed by atoms with Gasteiger partial charge in [-0.05, 0) is 52.7 Å². The van der Waals surface area contributed by atoms with Gasteiger partial charge in [0, 0.05) is 17.3 Å². The number of nitrogens with zero attached hydrogens (tertiary/aromatic N) is 2. The predicted molar refractivity (Wildman–Crippen MR) is 107 cm³/mol. The zero-order valence-electron chi connectivity index (χ0n) is 14.3. The standard InChI is InChI=1S/C18H17BrN2O3S2/c1-3-10-21-15-9-8-12(26(2,23)24)11-16(15)25-18(21)20-17(22)13-6-4-5-7-14(13)19/h4-9,11H,3,10H2,1-2H3. The maximum Gasteiger partial charge on any atom is 0.280 e. The van der Waals surface area contributed by atoms with Gasteiger partial charge in [0.1, 0.15) is 0 Å². The van der Waals surface area contributed by atoms with Crippen molar-refractivity contribution in [2.75, 3.05) is 6.26 Å². The fourth-order valence-corrected chi connectivity index (χ4v) is 4.86. The molecule has 1 aromatic heterocycles. The molecule has 136 valence electrons. The van der Waals surface area contributed by atoms with Crippen LogP contribution in [0.1, 0.15) is 23.7 Å². The van der Waals surface area contributed by atoms with Crippen LogP contribution in [0.4, 0.5) is 0 Å². The van der Waals surface area contributed by atoms with E-state index < -0.39 is 9.84 Å². The fraction of sp³-hybridized carbons (Fsp3) is 0.222. The molecule has 0 N–H and O–H groups in total. The zero-order valence-corrected chi connectivity index (χ0v) is 17.5. The van der Waals surface area contributed by atoms with Crippen LogP contribution in [0.25, 0.3) is 10.2 Å². The molecule has 0 aliphatic heterocycles. The minimum atomic E-state index is -3.29. The first-order valence-electron chi connectivity index (χ1n) is 7.98. The number of rotatable bonds is 4. The predicted octanol–water partition coefficient (Wildman–Crippen LogP) is 4.02. The first-order valence-corrected chi connectivity index (χ1v) is 11.5. The highest BCUT2D eigenvalue weighted by Gasteiger charge is 2.14. The molecule has 0 aliphatic rings. The molecule has 0 spiro atoms. The summed E-state index contributed by atoms with van der Waals surface area (Å²) in [4.78, 5) is 17.7. The van der Waals surface area contributed by atoms with E-state index in [9.17, 15) is 13.2 Å². The molecule has 0 saturated carbocycles. The van der Waals surface area contributed by atoms with Gasteiger partial charge < -0.3 is 4.57 Å². The van der Waals surface area contributed by atoms with Gasteiger partial charge in [0.2, 0.25) is 0 Å². The minimum absolute atomic E-state index is 0.263. The molecule has 3 aromatic rings. The van der Waals surface area contributed by atoms with E-state index in [2.05, 4.69) is 20.9 Å². The summed E-state index contributed by atoms with van der Waals surface area (Å²) in [6.07, 6.45) is 2.06. The van der Waals surface area contributed by atoms with E-state index in [4.69, 9.17) is 0 Å². The van der Waals surface area contributed by atoms with Crippen molar-refractivity contribution in [2.24, 2.45) is 4.99 Å². The van der Waals surface area contributed by atoms with Gasteiger partial charge in [-0.15, -0.1) is 0 Å². The number of aromatic nitrogens is 1. The van der Waals surface area contributed by atoms with Crippen molar-refractivity contribution in [1.82, 2.24) is 4.57 Å². The molecule has 5 nitrogen and oxygen atoms in total. The van der Waals surface area contributed by atoms with Crippen LogP contribution in [0.2, 0.25) is 0 Å². The number of aryl methyl sites for hydroxylation is 1. The first kappa shape index (κ1) is 19.0. The third-order valence-electron chi connectivity index (χ3n) is 3.83. The van der Waals surface area contributed by atoms with Crippen LogP contribution in [0.15, 0.2) is 56.8 Å². The molecule has 2 aromatic carbocycles. The fourth-order valence-electron chi connectivity index (χ4n) is 2.59. The van der Waals surface area contributed by atoms with E-state index in [1.54, 1.807) is 36.4 Å². The molecular weight excluding hydrogens is 436 g/mol. The number of amides is 1. The molecule has 8 heteroatoms. The second-order valence-corrected chi connectivity index (χ2v) is 9.71. The van der Waals surface area contributed by atoms with Gasteiger partial charge in [0.25, 0.3) is 5.91 Å². The van der Waals surface area contributed by atoms with E-state index in [0.717, 1.165) is 16.6 Å². The first-order chi connectivity index (χ1) is 12.3. The lowest BCUT2D eigenvalue weighted by atomic mass is 10.2. The average molecular weight is 453 g/mol. The zero-order chi connectivity index (χ0) is 18.9. The molecule has 1 heterocycles. The molecule has 1 amide bonds. The van der Waals surface area contributed by atoms with Crippen molar-refractivity contribution >= 4 is 53.2 Å². The number of benzene rings is 2. The molecule has 26 heavy (non-hydrogen) atoms. The number of hydrogen-bond donors (Lipinski definition) is 0. The van der Waals surface area contributed by atoms with Gasteiger partial charge in [-0.1, -0.05) is 30.4 Å². The Bertz CT molecular complexity index is 1160. The summed E-state index contributed by atoms with van der Waals surface area (Å²) < 4.78 is 27.1. The van der Waals surface area contributed by atoms with Crippen LogP contribution in [0.3, 0.4) is 0 Å². The highest BCUT2D eigenvalue weighted by molar-refractivity contribution is 9.10. The highest BCUT2D eigenvalue weighted by atomic mass is 79.9. The number of carbonyl (C=O) groups excluding carboxylic acids is 1. The third-order valence-corrected chi connectivity index (χ3v) is 6.67. The van der Waals surface area contributed by atoms with Crippen LogP contribution in [-0.4, -0.2) is 25.1 Å². The Morgan fingerprint density at radius 3 is 2.62 bits per heavy atom. The molecule has 0 radical (unpaired) electrons. The maximum atomic E-state index is 12.6. The SMILES string of the molecule is CCCn1c(=NC(=O)c2ccccc2Br)sc2cc(S(C)(=O)=O)ccc21. The number of thiazole rings is 1. The third kappa shape index (κ3) is 3.82. The summed E-state index contributed by atoms with van der Waals surface area (Å²) >= 11 is 4.69. The number of fused-ring (bicyclic) bond motifs is 1. The van der Waals surface area contributed by atoms with Crippen LogP contribution in [0.5, 0.6) is 0 Å². The monoisotopic (exact) mass is 452 g/mol. The molecule has 0 unspecified atom stereocenters. The van der Waals surface area contributed by atoms with E-state index in [1.807, 2.05) is 17.6 Å². The summed E-state index contributed by atoms with van der Waals surface area (Å²) in [5.74, 6) is -0.336. The van der Waals surface area contributed by atoms with Crippen LogP contribution >= 0.6 is 27.3 Å². The lowest BCUT2D eigenvalue weighted by Gasteiger charge is -2.04. The molecule has 0 bridgehead atoms. The summed E-state index contributed by atoms with van der Waals surface area (Å²) in [6, 6.07) is 12.2. The average Bonchev–Trinajstić information content (AvgIpc) is 2.91. The Balaban J connectivity index is 2.20. The molecule has 0 aliphatic carbocycles. The van der Waals surface area contributed by atoms with Crippen molar-refractivity contribution in [3.05, 3.63) is 57.3 Å². The van der Waals surface area contributed by atoms with Gasteiger partial charge in [-0.2, -0.15) is 4.99 Å². The summed E-state index contributed by atoms with van der Waals surface area (Å²) in [7, 11) is -3.29. The van der Waals surface area contributed by atoms with Crippen LogP contribution in [0, 0.1) is 0 Å². The Labute approximate surface area is 164 Å². The van der Waals surface area contributed by atoms with E-state index in [0.29, 0.717) is 21.4 Å². The topological polar surface area (TPSA) is 68.5 Å². The molecule has 0 atom stereocenters. The number of sulfone groups is 1. The second-order valence-electron chi connectivity index (χ2n) is 5.83. The Kier molecular flexibility index (Phi) is 5.45. The molecule has 3 rings (SSSR count). The Morgan fingerprint density at radius 1 is 1.23 bits per heavy atom. The van der Waals surface area contributed by atoms with Gasteiger partial charge in [0.15, 0.2) is 14.6 Å². The van der Waals surface area contributed by atoms with Crippen molar-refractivity contribution in [1.29, 1.82) is 0 Å². The summed E-state index contributed by atoms with van der Waals surface area (Å²) in [5, 5.41) is 0. The summed E-state index contributed by atoms with van der Waals surface area (Å²) in [6.45, 7) is 2.74. The number of carbonyl (C=O) groups is 1. The van der Waals surface area contributed by atoms with Gasteiger partial charge in [-0.3, -0.25) is 4.79 Å². The molecular formula is C18H17BrN2O3S2. The lowest BCUT2D eigenvalue weighted by molar-refractivity contribution is 0.0997. The normalized spacial score (nSPS) is 12.7. The minimum Gasteiger partial charge on any atom is -0.316 e. The van der Waals surface area contributed by atoms with Gasteiger partial charge >= 0.3 is 0 Å². The lowest BCUT2D eigenvalue weighted by Crippen LogP contribution is -2.17. The van der Waals surface area contributed by atoms with E-state index >= 15 is 0 Å². The van der Waals surface area contributed by atoms with Gasteiger partial charge in [0.05, 0.1) is 20.7 Å². The van der Waals surface area contributed by atoms with Crippen LogP contribution < -0.4 is 4.80 Å². The summed E-state index contributed by atoms with van der Waals surface area (Å²) in [5.41, 5.74) is 1.37. The van der Waals surface area contributed by atoms with Crippen molar-refractivity contribution in [3.8, 4) is 0 Å². The van der Waals surface area contributed by atoms with Crippen molar-refractivity contribution in [2.45, 2.75) is 24.8 Å². The maximum absolute atomic E-state index is 12.6. The van der Waals surface area contributed by atoms with Crippen molar-refractivity contribution in [3.63, 3.8) is 0 Å². The Hall–Kier alpha value is -1.77. The van der Waals surface area contributed by atoms with Crippen LogP contribution in [-0.2, 0) is 16.4 Å². The largest absolute Gasteiger partial charge is 0.316 e. The quantitative estimate of drug-likeness (QED) is 0.599.